The third-order valence-electron chi connectivity index (χ3n) is 5.02. The van der Waals surface area contributed by atoms with Gasteiger partial charge in [-0.2, -0.15) is 0 Å². The van der Waals surface area contributed by atoms with E-state index in [0.29, 0.717) is 19.6 Å². The Balaban J connectivity index is 1.89. The van der Waals surface area contributed by atoms with Crippen LogP contribution in [0.4, 0.5) is 0 Å². The summed E-state index contributed by atoms with van der Waals surface area (Å²) in [5.41, 5.74) is 0.907. The zero-order valence-corrected chi connectivity index (χ0v) is 15.8. The Hall–Kier alpha value is -2.08. The molecule has 1 heterocycles. The molecule has 0 aromatic heterocycles. The molecule has 0 radical (unpaired) electrons. The highest BCUT2D eigenvalue weighted by Crippen LogP contribution is 2.22. The van der Waals surface area contributed by atoms with Crippen molar-refractivity contribution in [2.24, 2.45) is 5.92 Å². The van der Waals surface area contributed by atoms with Crippen LogP contribution in [-0.2, 0) is 16.1 Å². The fourth-order valence-electron chi connectivity index (χ4n) is 2.66. The highest BCUT2D eigenvalue weighted by atomic mass is 16.5. The van der Waals surface area contributed by atoms with Crippen molar-refractivity contribution in [3.05, 3.63) is 29.8 Å². The average Bonchev–Trinajstić information content (AvgIpc) is 2.94. The number of methoxy groups -OCH3 is 1. The van der Waals surface area contributed by atoms with Crippen LogP contribution in [0.25, 0.3) is 0 Å². The Bertz CT molecular complexity index is 611. The van der Waals surface area contributed by atoms with Crippen LogP contribution >= 0.6 is 0 Å². The predicted octanol–water partition coefficient (Wildman–Crippen LogP) is 1.50. The van der Waals surface area contributed by atoms with Crippen molar-refractivity contribution in [3.8, 4) is 5.75 Å². The maximum atomic E-state index is 12.4. The molecular weight excluding hydrogens is 318 g/mol. The summed E-state index contributed by atoms with van der Waals surface area (Å²) in [5.74, 6) is 0.504. The van der Waals surface area contributed by atoms with Gasteiger partial charge in [0.15, 0.2) is 0 Å². The standard InChI is InChI=1S/C19H29N3O3/c1-19(2,21(3)4)13-20-18(24)15-10-17(23)22(12-15)11-14-6-8-16(25-5)9-7-14/h6-9,15H,10-13H2,1-5H3,(H,20,24)/t15-/m1/s1. The molecule has 0 unspecified atom stereocenters. The van der Waals surface area contributed by atoms with Gasteiger partial charge in [-0.3, -0.25) is 9.59 Å². The number of rotatable bonds is 7. The van der Waals surface area contributed by atoms with Gasteiger partial charge in [-0.05, 0) is 45.6 Å². The molecule has 0 aliphatic carbocycles. The van der Waals surface area contributed by atoms with Crippen molar-refractivity contribution in [2.45, 2.75) is 32.4 Å². The van der Waals surface area contributed by atoms with Crippen molar-refractivity contribution in [3.63, 3.8) is 0 Å². The number of nitrogens with zero attached hydrogens (tertiary/aromatic N) is 2. The monoisotopic (exact) mass is 347 g/mol. The maximum absolute atomic E-state index is 12.4. The summed E-state index contributed by atoms with van der Waals surface area (Å²) in [6, 6.07) is 7.64. The molecule has 0 bridgehead atoms. The zero-order chi connectivity index (χ0) is 18.6. The minimum Gasteiger partial charge on any atom is -0.497 e. The molecule has 1 fully saturated rings. The number of likely N-dealkylation sites (tertiary alicyclic amines) is 1. The Labute approximate surface area is 150 Å². The minimum atomic E-state index is -0.274. The maximum Gasteiger partial charge on any atom is 0.225 e. The van der Waals surface area contributed by atoms with Crippen LogP contribution in [0.1, 0.15) is 25.8 Å². The number of benzene rings is 1. The van der Waals surface area contributed by atoms with Crippen molar-refractivity contribution in [1.29, 1.82) is 0 Å². The number of carbonyl (C=O) groups excluding carboxylic acids is 2. The number of hydrogen-bond donors (Lipinski definition) is 1. The molecule has 6 heteroatoms. The van der Waals surface area contributed by atoms with Gasteiger partial charge >= 0.3 is 0 Å². The lowest BCUT2D eigenvalue weighted by Gasteiger charge is -2.33. The lowest BCUT2D eigenvalue weighted by Crippen LogP contribution is -2.49. The van der Waals surface area contributed by atoms with E-state index in [-0.39, 0.29) is 29.7 Å². The molecule has 1 aromatic rings. The van der Waals surface area contributed by atoms with Gasteiger partial charge in [0.2, 0.25) is 11.8 Å². The van der Waals surface area contributed by atoms with Crippen LogP contribution in [0.5, 0.6) is 5.75 Å². The van der Waals surface area contributed by atoms with Gasteiger partial charge in [-0.1, -0.05) is 12.1 Å². The summed E-state index contributed by atoms with van der Waals surface area (Å²) in [5, 5.41) is 2.99. The van der Waals surface area contributed by atoms with Crippen LogP contribution in [-0.4, -0.2) is 61.4 Å². The summed E-state index contributed by atoms with van der Waals surface area (Å²) < 4.78 is 5.14. The Morgan fingerprint density at radius 1 is 1.32 bits per heavy atom. The molecule has 2 rings (SSSR count). The SMILES string of the molecule is COc1ccc(CN2C[C@H](C(=O)NCC(C)(C)N(C)C)CC2=O)cc1. The highest BCUT2D eigenvalue weighted by molar-refractivity contribution is 5.89. The normalized spacial score (nSPS) is 17.9. The molecule has 0 spiro atoms. The molecule has 1 saturated heterocycles. The number of ether oxygens (including phenoxy) is 1. The Morgan fingerprint density at radius 2 is 1.96 bits per heavy atom. The number of likely N-dealkylation sites (N-methyl/N-ethyl adjacent to an activating group) is 1. The molecule has 138 valence electrons. The van der Waals surface area contributed by atoms with Crippen LogP contribution in [0.3, 0.4) is 0 Å². The zero-order valence-electron chi connectivity index (χ0n) is 15.8. The first-order valence-corrected chi connectivity index (χ1v) is 8.59. The van der Waals surface area contributed by atoms with Crippen LogP contribution in [0, 0.1) is 5.92 Å². The number of hydrogen-bond acceptors (Lipinski definition) is 4. The summed E-state index contributed by atoms with van der Waals surface area (Å²) in [7, 11) is 5.60. The molecule has 0 saturated carbocycles. The van der Waals surface area contributed by atoms with Crippen molar-refractivity contribution >= 4 is 11.8 Å². The summed E-state index contributed by atoms with van der Waals surface area (Å²) >= 11 is 0. The van der Waals surface area contributed by atoms with E-state index in [1.54, 1.807) is 12.0 Å². The van der Waals surface area contributed by atoms with Gasteiger partial charge in [0.1, 0.15) is 5.75 Å². The largest absolute Gasteiger partial charge is 0.497 e. The fourth-order valence-corrected chi connectivity index (χ4v) is 2.66. The first-order chi connectivity index (χ1) is 11.7. The molecular formula is C19H29N3O3. The van der Waals surface area contributed by atoms with Crippen molar-refractivity contribution in [2.75, 3.05) is 34.3 Å². The van der Waals surface area contributed by atoms with E-state index < -0.39 is 0 Å². The first-order valence-electron chi connectivity index (χ1n) is 8.59. The average molecular weight is 347 g/mol. The van der Waals surface area contributed by atoms with E-state index >= 15 is 0 Å². The molecule has 2 amide bonds. The van der Waals surface area contributed by atoms with Gasteiger partial charge in [-0.25, -0.2) is 0 Å². The quantitative estimate of drug-likeness (QED) is 0.812. The Morgan fingerprint density at radius 3 is 2.52 bits per heavy atom. The molecule has 1 N–H and O–H groups in total. The van der Waals surface area contributed by atoms with Crippen LogP contribution in [0.15, 0.2) is 24.3 Å². The number of nitrogens with one attached hydrogen (secondary N) is 1. The van der Waals surface area contributed by atoms with E-state index in [2.05, 4.69) is 24.1 Å². The lowest BCUT2D eigenvalue weighted by atomic mass is 10.0. The second kappa shape index (κ2) is 7.87. The summed E-state index contributed by atoms with van der Waals surface area (Å²) in [6.07, 6.45) is 0.282. The first kappa shape index (κ1) is 19.2. The predicted molar refractivity (Wildman–Crippen MR) is 97.3 cm³/mol. The number of carbonyl (C=O) groups is 2. The van der Waals surface area contributed by atoms with Gasteiger partial charge in [0.25, 0.3) is 0 Å². The van der Waals surface area contributed by atoms with E-state index in [0.717, 1.165) is 11.3 Å². The van der Waals surface area contributed by atoms with Gasteiger partial charge in [-0.15, -0.1) is 0 Å². The second-order valence-electron chi connectivity index (χ2n) is 7.45. The lowest BCUT2D eigenvalue weighted by molar-refractivity contribution is -0.129. The second-order valence-corrected chi connectivity index (χ2v) is 7.45. The molecule has 1 aliphatic rings. The smallest absolute Gasteiger partial charge is 0.225 e. The molecule has 25 heavy (non-hydrogen) atoms. The third-order valence-corrected chi connectivity index (χ3v) is 5.02. The van der Waals surface area contributed by atoms with Gasteiger partial charge in [0, 0.05) is 31.6 Å². The third kappa shape index (κ3) is 4.95. The van der Waals surface area contributed by atoms with Crippen molar-refractivity contribution < 1.29 is 14.3 Å². The molecule has 6 nitrogen and oxygen atoms in total. The minimum absolute atomic E-state index is 0.0304. The van der Waals surface area contributed by atoms with Crippen LogP contribution in [0.2, 0.25) is 0 Å². The molecule has 1 atom stereocenters. The van der Waals surface area contributed by atoms with E-state index in [4.69, 9.17) is 4.74 Å². The Kier molecular flexibility index (Phi) is 6.06. The van der Waals surface area contributed by atoms with Gasteiger partial charge in [0.05, 0.1) is 13.0 Å². The summed E-state index contributed by atoms with van der Waals surface area (Å²) in [4.78, 5) is 28.5. The molecule has 1 aromatic carbocycles. The van der Waals surface area contributed by atoms with Crippen molar-refractivity contribution in [1.82, 2.24) is 15.1 Å². The topological polar surface area (TPSA) is 61.9 Å². The highest BCUT2D eigenvalue weighted by Gasteiger charge is 2.34. The van der Waals surface area contributed by atoms with Gasteiger partial charge < -0.3 is 19.9 Å². The van der Waals surface area contributed by atoms with E-state index in [1.807, 2.05) is 38.4 Å². The number of amides is 2. The fraction of sp³-hybridized carbons (Fsp3) is 0.579. The molecule has 1 aliphatic heterocycles. The van der Waals surface area contributed by atoms with E-state index in [9.17, 15) is 9.59 Å². The summed E-state index contributed by atoms with van der Waals surface area (Å²) in [6.45, 7) is 5.70. The van der Waals surface area contributed by atoms with E-state index in [1.165, 1.54) is 0 Å². The van der Waals surface area contributed by atoms with Crippen LogP contribution < -0.4 is 10.1 Å².